The summed E-state index contributed by atoms with van der Waals surface area (Å²) in [5, 5.41) is 27.1. The summed E-state index contributed by atoms with van der Waals surface area (Å²) < 4.78 is 21.9. The molecule has 8 heteroatoms. The Morgan fingerprint density at radius 3 is 1.24 bits per heavy atom. The first kappa shape index (κ1) is 64.0. The molecular weight excluding hydrogens is 440 g/mol. The van der Waals surface area contributed by atoms with Crippen LogP contribution in [0, 0.1) is 5.41 Å². The van der Waals surface area contributed by atoms with Crippen molar-refractivity contribution in [3.8, 4) is 0 Å². The Balaban J connectivity index is -0.0000000619. The molecule has 0 aliphatic heterocycles. The minimum atomic E-state index is -0.774. The van der Waals surface area contributed by atoms with Crippen LogP contribution in [0.3, 0.4) is 0 Å². The molecule has 0 aromatic heterocycles. The largest absolute Gasteiger partial charge is 0.394 e. The predicted molar refractivity (Wildman–Crippen MR) is 153 cm³/mol. The first-order chi connectivity index (χ1) is 12.3. The number of allylic oxidation sites excluding steroid dienone is 1. The van der Waals surface area contributed by atoms with E-state index >= 15 is 0 Å². The monoisotopic (exact) mass is 511 g/mol. The molecule has 8 nitrogen and oxygen atoms in total. The molecule has 0 spiro atoms. The summed E-state index contributed by atoms with van der Waals surface area (Å²) in [5.41, 5.74) is -0.774. The lowest BCUT2D eigenvalue weighted by Crippen LogP contribution is -2.44. The lowest BCUT2D eigenvalue weighted by atomic mass is 9.92. The standard InChI is InChI=1S/C15H32O8.C3H6.8CH4/c1-12(5-16)20-8-15(11-23-18,9-21-13(2)6-17)10-22-14(3)7-19-4;1-3-2;;;;;;;;/h12-14,16-18H,5-11H2,1-4H3;3H,1H2,2H3;8*1H4. The zero-order valence-corrected chi connectivity index (χ0v) is 16.8. The Hall–Kier alpha value is -0.580. The minimum Gasteiger partial charge on any atom is -0.394 e. The molecule has 3 atom stereocenters. The fourth-order valence-electron chi connectivity index (χ4n) is 1.73. The number of aliphatic hydroxyl groups is 2. The van der Waals surface area contributed by atoms with E-state index in [1.54, 1.807) is 27.0 Å². The van der Waals surface area contributed by atoms with Crippen molar-refractivity contribution in [2.24, 2.45) is 5.41 Å². The van der Waals surface area contributed by atoms with Gasteiger partial charge in [0.15, 0.2) is 0 Å². The zero-order chi connectivity index (χ0) is 20.4. The van der Waals surface area contributed by atoms with Gasteiger partial charge in [-0.25, -0.2) is 4.89 Å². The fourth-order valence-corrected chi connectivity index (χ4v) is 1.73. The average Bonchev–Trinajstić information content (AvgIpc) is 2.63. The van der Waals surface area contributed by atoms with Crippen LogP contribution in [0.5, 0.6) is 0 Å². The number of methoxy groups -OCH3 is 1. The van der Waals surface area contributed by atoms with Gasteiger partial charge in [-0.05, 0) is 27.7 Å². The molecule has 0 aliphatic rings. The molecule has 0 saturated heterocycles. The summed E-state index contributed by atoms with van der Waals surface area (Å²) in [6.07, 6.45) is 0.878. The summed E-state index contributed by atoms with van der Waals surface area (Å²) in [5.74, 6) is 0. The van der Waals surface area contributed by atoms with Crippen LogP contribution in [-0.4, -0.2) is 87.1 Å². The predicted octanol–water partition coefficient (Wildman–Crippen LogP) is 6.59. The van der Waals surface area contributed by atoms with E-state index in [0.717, 1.165) is 0 Å². The first-order valence-corrected chi connectivity index (χ1v) is 8.73. The van der Waals surface area contributed by atoms with Crippen LogP contribution in [0.4, 0.5) is 0 Å². The molecular formula is C26H70O8. The Morgan fingerprint density at radius 1 is 0.706 bits per heavy atom. The number of aliphatic hydroxyl groups excluding tert-OH is 2. The van der Waals surface area contributed by atoms with Gasteiger partial charge in [-0.1, -0.05) is 65.5 Å². The molecule has 34 heavy (non-hydrogen) atoms. The third-order valence-electron chi connectivity index (χ3n) is 3.31. The molecule has 3 N–H and O–H groups in total. The third kappa shape index (κ3) is 36.0. The summed E-state index contributed by atoms with van der Waals surface area (Å²) in [4.78, 5) is 4.34. The molecule has 0 saturated carbocycles. The lowest BCUT2D eigenvalue weighted by molar-refractivity contribution is -0.280. The quantitative estimate of drug-likeness (QED) is 0.129. The number of hydrogen-bond donors (Lipinski definition) is 3. The highest BCUT2D eigenvalue weighted by molar-refractivity contribution is 4.80. The van der Waals surface area contributed by atoms with Gasteiger partial charge in [-0.15, -0.1) is 6.58 Å². The van der Waals surface area contributed by atoms with Gasteiger partial charge in [0.05, 0.1) is 70.0 Å². The highest BCUT2D eigenvalue weighted by Gasteiger charge is 2.34. The van der Waals surface area contributed by atoms with E-state index in [-0.39, 0.29) is 117 Å². The molecule has 0 aliphatic carbocycles. The van der Waals surface area contributed by atoms with Crippen molar-refractivity contribution in [3.05, 3.63) is 12.7 Å². The van der Waals surface area contributed by atoms with E-state index in [2.05, 4.69) is 11.5 Å². The Labute approximate surface area is 216 Å². The molecule has 0 rings (SSSR count). The number of rotatable bonds is 15. The normalized spacial score (nSPS) is 12.8. The maximum absolute atomic E-state index is 9.09. The third-order valence-corrected chi connectivity index (χ3v) is 3.31. The second-order valence-electron chi connectivity index (χ2n) is 6.37. The van der Waals surface area contributed by atoms with Crippen molar-refractivity contribution in [3.63, 3.8) is 0 Å². The van der Waals surface area contributed by atoms with Crippen LogP contribution in [-0.2, 0) is 23.8 Å². The molecule has 0 aromatic carbocycles. The first-order valence-electron chi connectivity index (χ1n) is 8.73. The van der Waals surface area contributed by atoms with Crippen LogP contribution in [0.2, 0.25) is 0 Å². The smallest absolute Gasteiger partial charge is 0.0942 e. The van der Waals surface area contributed by atoms with E-state index in [0.29, 0.717) is 6.61 Å². The fraction of sp³-hybridized carbons (Fsp3) is 0.923. The summed E-state index contributed by atoms with van der Waals surface area (Å²) in [6.45, 7) is 11.2. The number of ether oxygens (including phenoxy) is 4. The average molecular weight is 511 g/mol. The topological polar surface area (TPSA) is 107 Å². The summed E-state index contributed by atoms with van der Waals surface area (Å²) >= 11 is 0. The maximum Gasteiger partial charge on any atom is 0.0942 e. The second-order valence-corrected chi connectivity index (χ2v) is 6.37. The highest BCUT2D eigenvalue weighted by Crippen LogP contribution is 2.22. The van der Waals surface area contributed by atoms with E-state index in [9.17, 15) is 0 Å². The van der Waals surface area contributed by atoms with Gasteiger partial charge in [-0.2, -0.15) is 0 Å². The van der Waals surface area contributed by atoms with Crippen molar-refractivity contribution in [2.45, 2.75) is 105 Å². The number of hydrogen-bond acceptors (Lipinski definition) is 8. The van der Waals surface area contributed by atoms with Crippen LogP contribution >= 0.6 is 0 Å². The van der Waals surface area contributed by atoms with E-state index in [1.165, 1.54) is 0 Å². The molecule has 0 fully saturated rings. The summed E-state index contributed by atoms with van der Waals surface area (Å²) in [6, 6.07) is 0. The zero-order valence-electron chi connectivity index (χ0n) is 16.8. The van der Waals surface area contributed by atoms with Crippen LogP contribution < -0.4 is 0 Å². The van der Waals surface area contributed by atoms with Crippen molar-refractivity contribution in [2.75, 3.05) is 53.4 Å². The summed E-state index contributed by atoms with van der Waals surface area (Å²) in [7, 11) is 1.59. The van der Waals surface area contributed by atoms with Gasteiger partial charge < -0.3 is 29.2 Å². The van der Waals surface area contributed by atoms with Crippen molar-refractivity contribution in [1.82, 2.24) is 0 Å². The molecule has 0 aromatic rings. The van der Waals surface area contributed by atoms with Crippen molar-refractivity contribution < 1.29 is 39.3 Å². The van der Waals surface area contributed by atoms with E-state index in [1.807, 2.05) is 13.8 Å². The molecule has 0 amide bonds. The van der Waals surface area contributed by atoms with Crippen LogP contribution in [0.15, 0.2) is 12.7 Å². The Kier molecular flexibility index (Phi) is 80.2. The van der Waals surface area contributed by atoms with Gasteiger partial charge in [0, 0.05) is 7.11 Å². The van der Waals surface area contributed by atoms with Crippen molar-refractivity contribution >= 4 is 0 Å². The molecule has 0 bridgehead atoms. The van der Waals surface area contributed by atoms with Gasteiger partial charge in [-0.3, -0.25) is 5.26 Å². The second kappa shape index (κ2) is 42.6. The van der Waals surface area contributed by atoms with Crippen molar-refractivity contribution in [1.29, 1.82) is 0 Å². The maximum atomic E-state index is 9.09. The Bertz CT molecular complexity index is 303. The Morgan fingerprint density at radius 2 is 1.00 bits per heavy atom. The van der Waals surface area contributed by atoms with Crippen LogP contribution in [0.1, 0.15) is 87.1 Å². The highest BCUT2D eigenvalue weighted by atomic mass is 17.1. The minimum absolute atomic E-state index is 0. The molecule has 0 heterocycles. The van der Waals surface area contributed by atoms with Crippen LogP contribution in [0.25, 0.3) is 0 Å². The van der Waals surface area contributed by atoms with E-state index in [4.69, 9.17) is 34.4 Å². The molecule has 0 radical (unpaired) electrons. The SMILES string of the molecule is C.C.C.C.C.C.C.C.C=CC.COCC(C)OCC(COO)(COC(C)CO)COC(C)CO. The van der Waals surface area contributed by atoms with Gasteiger partial charge >= 0.3 is 0 Å². The lowest BCUT2D eigenvalue weighted by Gasteiger charge is -2.34. The van der Waals surface area contributed by atoms with Gasteiger partial charge in [0.25, 0.3) is 0 Å². The molecule has 222 valence electrons. The van der Waals surface area contributed by atoms with Gasteiger partial charge in [0.1, 0.15) is 0 Å². The van der Waals surface area contributed by atoms with Gasteiger partial charge in [0.2, 0.25) is 0 Å². The molecule has 3 unspecified atom stereocenters. The van der Waals surface area contributed by atoms with E-state index < -0.39 is 5.41 Å².